The van der Waals surface area contributed by atoms with Gasteiger partial charge in [-0.25, -0.2) is 4.98 Å². The van der Waals surface area contributed by atoms with Crippen LogP contribution in [0.3, 0.4) is 0 Å². The lowest BCUT2D eigenvalue weighted by Gasteiger charge is -2.10. The van der Waals surface area contributed by atoms with E-state index in [0.29, 0.717) is 10.6 Å². The molecule has 1 aromatic heterocycles. The highest BCUT2D eigenvalue weighted by atomic mass is 35.5. The molecule has 0 saturated carbocycles. The maximum atomic E-state index is 12.5. The van der Waals surface area contributed by atoms with Crippen LogP contribution in [-0.4, -0.2) is 21.2 Å². The quantitative estimate of drug-likeness (QED) is 0.749. The van der Waals surface area contributed by atoms with E-state index < -0.39 is 0 Å². The van der Waals surface area contributed by atoms with Crippen LogP contribution in [0.4, 0.5) is 5.69 Å². The fourth-order valence-corrected chi connectivity index (χ4v) is 3.85. The molecule has 0 fully saturated rings. The summed E-state index contributed by atoms with van der Waals surface area (Å²) in [5.41, 5.74) is 2.95. The van der Waals surface area contributed by atoms with Crippen LogP contribution in [0.25, 0.3) is 11.3 Å². The van der Waals surface area contributed by atoms with Crippen molar-refractivity contribution < 1.29 is 4.79 Å². The fraction of sp³-hybridized carbons (Fsp3) is 0.111. The van der Waals surface area contributed by atoms with Crippen molar-refractivity contribution in [3.63, 3.8) is 0 Å². The van der Waals surface area contributed by atoms with Crippen LogP contribution in [0.2, 0.25) is 5.02 Å². The second-order valence-electron chi connectivity index (χ2n) is 5.43. The minimum Gasteiger partial charge on any atom is -0.325 e. The summed E-state index contributed by atoms with van der Waals surface area (Å²) in [6, 6.07) is 14.7. The highest BCUT2D eigenvalue weighted by Crippen LogP contribution is 2.32. The first-order chi connectivity index (χ1) is 11.7. The molecule has 2 heterocycles. The first-order valence-corrected chi connectivity index (χ1v) is 8.94. The van der Waals surface area contributed by atoms with Crippen molar-refractivity contribution in [3.05, 3.63) is 65.3 Å². The number of benzene rings is 2. The SMILES string of the molecule is O=C(Nc1ccccc1-c1cn2c(n1)SCC2)c1ccccc1Cl. The third-order valence-electron chi connectivity index (χ3n) is 3.87. The zero-order chi connectivity index (χ0) is 16.5. The van der Waals surface area contributed by atoms with Gasteiger partial charge in [0.2, 0.25) is 0 Å². The molecule has 0 bridgehead atoms. The third kappa shape index (κ3) is 2.81. The van der Waals surface area contributed by atoms with E-state index in [0.717, 1.165) is 34.4 Å². The Hall–Kier alpha value is -2.24. The number of thioether (sulfide) groups is 1. The average Bonchev–Trinajstić information content (AvgIpc) is 3.17. The van der Waals surface area contributed by atoms with Gasteiger partial charge in [-0.2, -0.15) is 0 Å². The Morgan fingerprint density at radius 1 is 1.17 bits per heavy atom. The molecule has 4 nitrogen and oxygen atoms in total. The van der Waals surface area contributed by atoms with Crippen molar-refractivity contribution >= 4 is 35.0 Å². The van der Waals surface area contributed by atoms with Gasteiger partial charge in [0, 0.05) is 24.1 Å². The van der Waals surface area contributed by atoms with E-state index >= 15 is 0 Å². The summed E-state index contributed by atoms with van der Waals surface area (Å²) < 4.78 is 2.15. The molecule has 0 atom stereocenters. The molecule has 0 aliphatic carbocycles. The number of anilines is 1. The molecule has 1 amide bonds. The molecule has 0 unspecified atom stereocenters. The number of hydrogen-bond acceptors (Lipinski definition) is 3. The van der Waals surface area contributed by atoms with Crippen LogP contribution < -0.4 is 5.32 Å². The summed E-state index contributed by atoms with van der Waals surface area (Å²) in [5.74, 6) is 0.835. The largest absolute Gasteiger partial charge is 0.325 e. The van der Waals surface area contributed by atoms with Gasteiger partial charge >= 0.3 is 0 Å². The van der Waals surface area contributed by atoms with Crippen LogP contribution in [0.1, 0.15) is 10.4 Å². The standard InChI is InChI=1S/C18H14ClN3OS/c19-14-7-3-1-5-12(14)17(23)20-15-8-4-2-6-13(15)16-11-22-9-10-24-18(22)21-16/h1-8,11H,9-10H2,(H,20,23). The number of amides is 1. The van der Waals surface area contributed by atoms with E-state index in [-0.39, 0.29) is 5.91 Å². The zero-order valence-corrected chi connectivity index (χ0v) is 14.3. The number of aromatic nitrogens is 2. The number of nitrogens with one attached hydrogen (secondary N) is 1. The highest BCUT2D eigenvalue weighted by molar-refractivity contribution is 7.99. The molecule has 1 aliphatic heterocycles. The summed E-state index contributed by atoms with van der Waals surface area (Å²) in [5, 5.41) is 4.41. The van der Waals surface area contributed by atoms with E-state index in [9.17, 15) is 4.79 Å². The van der Waals surface area contributed by atoms with Crippen LogP contribution in [0, 0.1) is 0 Å². The summed E-state index contributed by atoms with van der Waals surface area (Å²) in [6.07, 6.45) is 2.04. The van der Waals surface area contributed by atoms with Crippen LogP contribution >= 0.6 is 23.4 Å². The molecule has 1 aliphatic rings. The Bertz CT molecular complexity index is 901. The average molecular weight is 356 g/mol. The zero-order valence-electron chi connectivity index (χ0n) is 12.7. The Morgan fingerprint density at radius 2 is 1.96 bits per heavy atom. The Labute approximate surface area is 148 Å². The molecule has 24 heavy (non-hydrogen) atoms. The molecule has 4 rings (SSSR count). The van der Waals surface area contributed by atoms with Gasteiger partial charge in [0.1, 0.15) is 0 Å². The van der Waals surface area contributed by atoms with Crippen molar-refractivity contribution in [1.29, 1.82) is 0 Å². The molecular weight excluding hydrogens is 342 g/mol. The van der Waals surface area contributed by atoms with Crippen LogP contribution in [0.5, 0.6) is 0 Å². The maximum absolute atomic E-state index is 12.5. The van der Waals surface area contributed by atoms with Gasteiger partial charge in [-0.1, -0.05) is 53.7 Å². The van der Waals surface area contributed by atoms with Crippen molar-refractivity contribution in [1.82, 2.24) is 9.55 Å². The summed E-state index contributed by atoms with van der Waals surface area (Å²) >= 11 is 7.86. The molecule has 6 heteroatoms. The van der Waals surface area contributed by atoms with Gasteiger partial charge in [0.25, 0.3) is 5.91 Å². The number of nitrogens with zero attached hydrogens (tertiary/aromatic N) is 2. The summed E-state index contributed by atoms with van der Waals surface area (Å²) in [7, 11) is 0. The smallest absolute Gasteiger partial charge is 0.257 e. The lowest BCUT2D eigenvalue weighted by atomic mass is 10.1. The van der Waals surface area contributed by atoms with Gasteiger partial charge < -0.3 is 9.88 Å². The van der Waals surface area contributed by atoms with Gasteiger partial charge in [0.15, 0.2) is 5.16 Å². The topological polar surface area (TPSA) is 46.9 Å². The highest BCUT2D eigenvalue weighted by Gasteiger charge is 2.18. The van der Waals surface area contributed by atoms with Gasteiger partial charge in [-0.15, -0.1) is 0 Å². The molecule has 1 N–H and O–H groups in total. The minimum atomic E-state index is -0.228. The van der Waals surface area contributed by atoms with E-state index in [1.165, 1.54) is 0 Å². The van der Waals surface area contributed by atoms with E-state index in [1.807, 2.05) is 30.5 Å². The minimum absolute atomic E-state index is 0.228. The molecule has 3 aromatic rings. The number of carbonyl (C=O) groups excluding carboxylic acids is 1. The van der Waals surface area contributed by atoms with Crippen molar-refractivity contribution in [2.45, 2.75) is 11.7 Å². The van der Waals surface area contributed by atoms with Crippen LogP contribution in [0.15, 0.2) is 59.9 Å². The predicted molar refractivity (Wildman–Crippen MR) is 97.8 cm³/mol. The molecule has 120 valence electrons. The monoisotopic (exact) mass is 355 g/mol. The normalized spacial score (nSPS) is 12.9. The number of carbonyl (C=O) groups is 1. The van der Waals surface area contributed by atoms with Crippen molar-refractivity contribution in [2.24, 2.45) is 0 Å². The number of aryl methyl sites for hydroxylation is 1. The van der Waals surface area contributed by atoms with Crippen molar-refractivity contribution in [2.75, 3.05) is 11.1 Å². The lowest BCUT2D eigenvalue weighted by Crippen LogP contribution is -2.13. The predicted octanol–water partition coefficient (Wildman–Crippen LogP) is 4.56. The number of imidazole rings is 1. The van der Waals surface area contributed by atoms with Crippen LogP contribution in [-0.2, 0) is 6.54 Å². The second kappa shape index (κ2) is 6.34. The number of rotatable bonds is 3. The van der Waals surface area contributed by atoms with Gasteiger partial charge in [0.05, 0.1) is 22.0 Å². The van der Waals surface area contributed by atoms with E-state index in [2.05, 4.69) is 14.9 Å². The molecule has 0 radical (unpaired) electrons. The molecule has 0 spiro atoms. The molecule has 2 aromatic carbocycles. The van der Waals surface area contributed by atoms with Gasteiger partial charge in [-0.05, 0) is 18.2 Å². The summed E-state index contributed by atoms with van der Waals surface area (Å²) in [4.78, 5) is 17.2. The number of hydrogen-bond donors (Lipinski definition) is 1. The number of fused-ring (bicyclic) bond motifs is 1. The molecular formula is C18H14ClN3OS. The lowest BCUT2D eigenvalue weighted by molar-refractivity contribution is 0.102. The van der Waals surface area contributed by atoms with E-state index in [4.69, 9.17) is 11.6 Å². The van der Waals surface area contributed by atoms with E-state index in [1.54, 1.807) is 36.0 Å². The number of para-hydroxylation sites is 1. The third-order valence-corrected chi connectivity index (χ3v) is 5.17. The van der Waals surface area contributed by atoms with Gasteiger partial charge in [-0.3, -0.25) is 4.79 Å². The Kier molecular flexibility index (Phi) is 4.04. The van der Waals surface area contributed by atoms with Crippen molar-refractivity contribution in [3.8, 4) is 11.3 Å². The number of halogens is 1. The first-order valence-electron chi connectivity index (χ1n) is 7.57. The first kappa shape index (κ1) is 15.3. The second-order valence-corrected chi connectivity index (χ2v) is 6.90. The Balaban J connectivity index is 1.67. The summed E-state index contributed by atoms with van der Waals surface area (Å²) in [6.45, 7) is 0.973. The maximum Gasteiger partial charge on any atom is 0.257 e. The fourth-order valence-electron chi connectivity index (χ4n) is 2.69. The molecule has 0 saturated heterocycles. The Morgan fingerprint density at radius 3 is 2.79 bits per heavy atom.